The standard InChI is InChI=1S/C19H29FN4O/c1-12(2)18-15(19(23(4)5)24(6)22-18)11-21-13(3)14-8-9-17(25-7)16(20)10-14/h8-10,12-13,21H,11H2,1-7H3/t13-/m1/s1. The number of anilines is 1. The van der Waals surface area contributed by atoms with Crippen molar-refractivity contribution in [1.82, 2.24) is 15.1 Å². The number of rotatable bonds is 7. The lowest BCUT2D eigenvalue weighted by Crippen LogP contribution is -2.22. The third-order valence-electron chi connectivity index (χ3n) is 4.37. The van der Waals surface area contributed by atoms with Crippen LogP contribution < -0.4 is 15.0 Å². The Morgan fingerprint density at radius 1 is 1.28 bits per heavy atom. The Morgan fingerprint density at radius 3 is 2.48 bits per heavy atom. The van der Waals surface area contributed by atoms with Crippen molar-refractivity contribution in [2.45, 2.75) is 39.3 Å². The molecule has 6 heteroatoms. The summed E-state index contributed by atoms with van der Waals surface area (Å²) in [6.07, 6.45) is 0. The summed E-state index contributed by atoms with van der Waals surface area (Å²) in [6.45, 7) is 6.99. The van der Waals surface area contributed by atoms with Crippen LogP contribution in [0, 0.1) is 5.82 Å². The van der Waals surface area contributed by atoms with Gasteiger partial charge in [0.25, 0.3) is 0 Å². The number of nitrogens with zero attached hydrogens (tertiary/aromatic N) is 3. The van der Waals surface area contributed by atoms with Crippen LogP contribution in [0.3, 0.4) is 0 Å². The van der Waals surface area contributed by atoms with Gasteiger partial charge in [0, 0.05) is 39.3 Å². The molecule has 0 fully saturated rings. The van der Waals surface area contributed by atoms with Gasteiger partial charge < -0.3 is 15.0 Å². The molecule has 1 atom stereocenters. The lowest BCUT2D eigenvalue weighted by atomic mass is 10.0. The summed E-state index contributed by atoms with van der Waals surface area (Å²) in [7, 11) is 7.48. The topological polar surface area (TPSA) is 42.3 Å². The van der Waals surface area contributed by atoms with E-state index in [-0.39, 0.29) is 17.6 Å². The van der Waals surface area contributed by atoms with Gasteiger partial charge in [0.05, 0.1) is 12.8 Å². The quantitative estimate of drug-likeness (QED) is 0.830. The van der Waals surface area contributed by atoms with Crippen LogP contribution in [0.2, 0.25) is 0 Å². The fraction of sp³-hybridized carbons (Fsp3) is 0.526. The van der Waals surface area contributed by atoms with Gasteiger partial charge in [-0.05, 0) is 30.5 Å². The molecule has 1 heterocycles. The molecule has 0 bridgehead atoms. The van der Waals surface area contributed by atoms with Gasteiger partial charge in [-0.1, -0.05) is 19.9 Å². The van der Waals surface area contributed by atoms with Gasteiger partial charge in [-0.25, -0.2) is 4.39 Å². The minimum absolute atomic E-state index is 0.00985. The van der Waals surface area contributed by atoms with Crippen molar-refractivity contribution in [3.63, 3.8) is 0 Å². The van der Waals surface area contributed by atoms with E-state index in [2.05, 4.69) is 29.2 Å². The molecule has 2 aromatic rings. The summed E-state index contributed by atoms with van der Waals surface area (Å²) in [6, 6.07) is 5.09. The fourth-order valence-corrected chi connectivity index (χ4v) is 3.10. The summed E-state index contributed by atoms with van der Waals surface area (Å²) in [5.74, 6) is 1.35. The Morgan fingerprint density at radius 2 is 1.96 bits per heavy atom. The van der Waals surface area contributed by atoms with Gasteiger partial charge >= 0.3 is 0 Å². The molecule has 0 aliphatic heterocycles. The van der Waals surface area contributed by atoms with Crippen molar-refractivity contribution in [2.75, 3.05) is 26.1 Å². The molecular weight excluding hydrogens is 319 g/mol. The van der Waals surface area contributed by atoms with Gasteiger partial charge in [0.2, 0.25) is 0 Å². The average molecular weight is 348 g/mol. The molecule has 0 radical (unpaired) electrons. The van der Waals surface area contributed by atoms with E-state index in [1.54, 1.807) is 6.07 Å². The molecular formula is C19H29FN4O. The third-order valence-corrected chi connectivity index (χ3v) is 4.37. The molecule has 2 rings (SSSR count). The molecule has 0 aliphatic rings. The van der Waals surface area contributed by atoms with Crippen LogP contribution in [0.25, 0.3) is 0 Å². The van der Waals surface area contributed by atoms with Crippen molar-refractivity contribution in [1.29, 1.82) is 0 Å². The zero-order valence-electron chi connectivity index (χ0n) is 16.2. The largest absolute Gasteiger partial charge is 0.494 e. The maximum absolute atomic E-state index is 13.9. The molecule has 1 N–H and O–H groups in total. The molecule has 5 nitrogen and oxygen atoms in total. The first kappa shape index (κ1) is 19.2. The highest BCUT2D eigenvalue weighted by molar-refractivity contribution is 5.50. The van der Waals surface area contributed by atoms with E-state index in [1.807, 2.05) is 38.8 Å². The number of methoxy groups -OCH3 is 1. The summed E-state index contributed by atoms with van der Waals surface area (Å²) >= 11 is 0. The van der Waals surface area contributed by atoms with E-state index in [4.69, 9.17) is 4.74 Å². The molecule has 138 valence electrons. The van der Waals surface area contributed by atoms with Crippen molar-refractivity contribution in [2.24, 2.45) is 7.05 Å². The molecule has 0 unspecified atom stereocenters. The summed E-state index contributed by atoms with van der Waals surface area (Å²) in [5, 5.41) is 8.17. The Balaban J connectivity index is 2.21. The maximum atomic E-state index is 13.9. The molecule has 1 aromatic carbocycles. The number of benzene rings is 1. The number of hydrogen-bond donors (Lipinski definition) is 1. The second kappa shape index (κ2) is 7.87. The Labute approximate surface area is 149 Å². The average Bonchev–Trinajstić information content (AvgIpc) is 2.89. The number of halogens is 1. The second-order valence-corrected chi connectivity index (χ2v) is 6.86. The smallest absolute Gasteiger partial charge is 0.165 e. The normalized spacial score (nSPS) is 12.5. The number of aryl methyl sites for hydroxylation is 1. The first-order valence-electron chi connectivity index (χ1n) is 8.56. The molecule has 0 amide bonds. The first-order valence-corrected chi connectivity index (χ1v) is 8.56. The van der Waals surface area contributed by atoms with Crippen molar-refractivity contribution >= 4 is 5.82 Å². The fourth-order valence-electron chi connectivity index (χ4n) is 3.10. The van der Waals surface area contributed by atoms with E-state index in [0.29, 0.717) is 12.5 Å². The van der Waals surface area contributed by atoms with Gasteiger partial charge in [0.15, 0.2) is 11.6 Å². The lowest BCUT2D eigenvalue weighted by Gasteiger charge is -2.19. The van der Waals surface area contributed by atoms with Crippen molar-refractivity contribution in [3.05, 3.63) is 40.8 Å². The van der Waals surface area contributed by atoms with Gasteiger partial charge in [0.1, 0.15) is 5.82 Å². The SMILES string of the molecule is COc1ccc([C@@H](C)NCc2c(C(C)C)nn(C)c2N(C)C)cc1F. The summed E-state index contributed by atoms with van der Waals surface area (Å²) in [4.78, 5) is 2.08. The van der Waals surface area contributed by atoms with E-state index in [0.717, 1.165) is 17.1 Å². The molecule has 0 spiro atoms. The zero-order chi connectivity index (χ0) is 18.7. The number of nitrogens with one attached hydrogen (secondary N) is 1. The predicted octanol–water partition coefficient (Wildman–Crippen LogP) is 3.61. The predicted molar refractivity (Wildman–Crippen MR) is 99.8 cm³/mol. The van der Waals surface area contributed by atoms with E-state index in [9.17, 15) is 4.39 Å². The zero-order valence-corrected chi connectivity index (χ0v) is 16.2. The molecule has 0 aliphatic carbocycles. The van der Waals surface area contributed by atoms with Crippen LogP contribution >= 0.6 is 0 Å². The van der Waals surface area contributed by atoms with Crippen molar-refractivity contribution in [3.8, 4) is 5.75 Å². The van der Waals surface area contributed by atoms with Crippen LogP contribution in [0.5, 0.6) is 5.75 Å². The van der Waals surface area contributed by atoms with Gasteiger partial charge in [-0.2, -0.15) is 5.10 Å². The summed E-state index contributed by atoms with van der Waals surface area (Å²) in [5.41, 5.74) is 3.16. The number of hydrogen-bond acceptors (Lipinski definition) is 4. The molecule has 1 aromatic heterocycles. The van der Waals surface area contributed by atoms with Crippen LogP contribution in [-0.2, 0) is 13.6 Å². The van der Waals surface area contributed by atoms with Crippen LogP contribution in [-0.4, -0.2) is 31.0 Å². The minimum Gasteiger partial charge on any atom is -0.494 e. The molecule has 25 heavy (non-hydrogen) atoms. The highest BCUT2D eigenvalue weighted by atomic mass is 19.1. The van der Waals surface area contributed by atoms with Gasteiger partial charge in [-0.3, -0.25) is 4.68 Å². The van der Waals surface area contributed by atoms with Crippen LogP contribution in [0.4, 0.5) is 10.2 Å². The lowest BCUT2D eigenvalue weighted by molar-refractivity contribution is 0.385. The molecule has 0 saturated carbocycles. The summed E-state index contributed by atoms with van der Waals surface area (Å²) < 4.78 is 20.8. The van der Waals surface area contributed by atoms with Crippen LogP contribution in [0.1, 0.15) is 49.6 Å². The van der Waals surface area contributed by atoms with Crippen LogP contribution in [0.15, 0.2) is 18.2 Å². The first-order chi connectivity index (χ1) is 11.8. The highest BCUT2D eigenvalue weighted by Gasteiger charge is 2.20. The van der Waals surface area contributed by atoms with E-state index in [1.165, 1.54) is 18.7 Å². The van der Waals surface area contributed by atoms with Gasteiger partial charge in [-0.15, -0.1) is 0 Å². The molecule has 0 saturated heterocycles. The van der Waals surface area contributed by atoms with E-state index < -0.39 is 0 Å². The number of aromatic nitrogens is 2. The second-order valence-electron chi connectivity index (χ2n) is 6.86. The van der Waals surface area contributed by atoms with Crippen molar-refractivity contribution < 1.29 is 9.13 Å². The Kier molecular flexibility index (Phi) is 6.06. The maximum Gasteiger partial charge on any atom is 0.165 e. The highest BCUT2D eigenvalue weighted by Crippen LogP contribution is 2.28. The Hall–Kier alpha value is -2.08. The third kappa shape index (κ3) is 4.12. The minimum atomic E-state index is -0.341. The number of ether oxygens (including phenoxy) is 1. The Bertz CT molecular complexity index is 724. The van der Waals surface area contributed by atoms with E-state index >= 15 is 0 Å². The monoisotopic (exact) mass is 348 g/mol.